The first kappa shape index (κ1) is 22.2. The van der Waals surface area contributed by atoms with Crippen molar-refractivity contribution in [1.29, 1.82) is 0 Å². The lowest BCUT2D eigenvalue weighted by Gasteiger charge is -2.42. The minimum atomic E-state index is -0.0408. The maximum atomic E-state index is 12.9. The van der Waals surface area contributed by atoms with Crippen LogP contribution in [0.4, 0.5) is 0 Å². The number of amides is 1. The molecule has 0 fully saturated rings. The zero-order valence-electron chi connectivity index (χ0n) is 17.2. The van der Waals surface area contributed by atoms with Crippen molar-refractivity contribution in [2.45, 2.75) is 81.6 Å². The molecule has 0 saturated carbocycles. The Hall–Kier alpha value is -0.790. The maximum Gasteiger partial charge on any atom is 0.223 e. The fourth-order valence-corrected chi connectivity index (χ4v) is 3.24. The molecule has 1 amide bonds. The lowest BCUT2D eigenvalue weighted by atomic mass is 9.63. The predicted octanol–water partition coefficient (Wildman–Crippen LogP) is 5.83. The van der Waals surface area contributed by atoms with Gasteiger partial charge in [-0.15, -0.1) is 6.58 Å². The molecule has 0 radical (unpaired) electrons. The lowest BCUT2D eigenvalue weighted by Crippen LogP contribution is -2.44. The second-order valence-corrected chi connectivity index (χ2v) is 9.77. The first-order chi connectivity index (χ1) is 10.3. The Balaban J connectivity index is 5.39. The first-order valence-corrected chi connectivity index (χ1v) is 9.17. The van der Waals surface area contributed by atoms with Crippen molar-refractivity contribution in [1.82, 2.24) is 5.32 Å². The Morgan fingerprint density at radius 1 is 1.13 bits per heavy atom. The number of carbonyl (C=O) groups excluding carboxylic acids is 1. The van der Waals surface area contributed by atoms with Crippen molar-refractivity contribution in [3.8, 4) is 0 Å². The molecule has 0 saturated heterocycles. The molecule has 0 aliphatic carbocycles. The number of hydrogen-bond acceptors (Lipinski definition) is 1. The van der Waals surface area contributed by atoms with E-state index in [1.165, 1.54) is 0 Å². The molecular formula is C21H41NO. The Morgan fingerprint density at radius 2 is 1.65 bits per heavy atom. The Morgan fingerprint density at radius 3 is 2.04 bits per heavy atom. The molecule has 0 aromatic carbocycles. The van der Waals surface area contributed by atoms with Crippen molar-refractivity contribution in [2.75, 3.05) is 6.54 Å². The topological polar surface area (TPSA) is 29.1 Å². The molecule has 136 valence electrons. The van der Waals surface area contributed by atoms with Crippen LogP contribution in [0.3, 0.4) is 0 Å². The van der Waals surface area contributed by atoms with E-state index in [4.69, 9.17) is 0 Å². The normalized spacial score (nSPS) is 14.7. The fraction of sp³-hybridized carbons (Fsp3) is 0.857. The van der Waals surface area contributed by atoms with Crippen molar-refractivity contribution < 1.29 is 4.79 Å². The minimum Gasteiger partial charge on any atom is -0.356 e. The molecule has 0 heterocycles. The first-order valence-electron chi connectivity index (χ1n) is 9.17. The van der Waals surface area contributed by atoms with Crippen LogP contribution in [0, 0.1) is 28.1 Å². The van der Waals surface area contributed by atoms with Crippen LogP contribution in [0.2, 0.25) is 0 Å². The van der Waals surface area contributed by atoms with E-state index in [0.29, 0.717) is 5.92 Å². The maximum absolute atomic E-state index is 12.9. The summed E-state index contributed by atoms with van der Waals surface area (Å²) in [6.45, 7) is 24.7. The second-order valence-electron chi connectivity index (χ2n) is 9.77. The molecule has 1 unspecified atom stereocenters. The number of allylic oxidation sites excluding steroid dienone is 1. The van der Waals surface area contributed by atoms with Crippen LogP contribution in [-0.4, -0.2) is 12.5 Å². The summed E-state index contributed by atoms with van der Waals surface area (Å²) in [7, 11) is 0. The van der Waals surface area contributed by atoms with Crippen molar-refractivity contribution >= 4 is 5.91 Å². The van der Waals surface area contributed by atoms with Gasteiger partial charge in [0.05, 0.1) is 0 Å². The van der Waals surface area contributed by atoms with Crippen molar-refractivity contribution in [2.24, 2.45) is 28.1 Å². The van der Waals surface area contributed by atoms with Crippen molar-refractivity contribution in [3.05, 3.63) is 12.7 Å². The Labute approximate surface area is 145 Å². The molecule has 1 atom stereocenters. The molecule has 2 nitrogen and oxygen atoms in total. The summed E-state index contributed by atoms with van der Waals surface area (Å²) >= 11 is 0. The average molecular weight is 324 g/mol. The molecule has 0 aromatic rings. The summed E-state index contributed by atoms with van der Waals surface area (Å²) in [6, 6.07) is 0. The van der Waals surface area contributed by atoms with Crippen LogP contribution in [-0.2, 0) is 4.79 Å². The van der Waals surface area contributed by atoms with E-state index in [0.717, 1.165) is 25.8 Å². The highest BCUT2D eigenvalue weighted by Crippen LogP contribution is 2.45. The summed E-state index contributed by atoms with van der Waals surface area (Å²) in [6.07, 6.45) is 5.00. The third kappa shape index (κ3) is 8.04. The Bertz CT molecular complexity index is 391. The number of nitrogens with one attached hydrogen (secondary N) is 1. The zero-order valence-corrected chi connectivity index (χ0v) is 17.2. The molecule has 0 aliphatic rings. The van der Waals surface area contributed by atoms with Gasteiger partial charge in [0.15, 0.2) is 0 Å². The molecule has 0 rings (SSSR count). The number of carbonyl (C=O) groups is 1. The van der Waals surface area contributed by atoms with E-state index in [1.807, 2.05) is 6.08 Å². The molecular weight excluding hydrogens is 282 g/mol. The van der Waals surface area contributed by atoms with Gasteiger partial charge in [0.25, 0.3) is 0 Å². The molecule has 23 heavy (non-hydrogen) atoms. The van der Waals surface area contributed by atoms with Crippen LogP contribution < -0.4 is 5.32 Å². The van der Waals surface area contributed by atoms with E-state index in [-0.39, 0.29) is 28.1 Å². The van der Waals surface area contributed by atoms with Gasteiger partial charge in [-0.1, -0.05) is 74.8 Å². The van der Waals surface area contributed by atoms with E-state index in [9.17, 15) is 4.79 Å². The van der Waals surface area contributed by atoms with Crippen LogP contribution >= 0.6 is 0 Å². The second kappa shape index (κ2) is 8.35. The minimum absolute atomic E-state index is 0.0000694. The average Bonchev–Trinajstić information content (AvgIpc) is 2.41. The molecule has 0 spiro atoms. The van der Waals surface area contributed by atoms with Crippen molar-refractivity contribution in [3.63, 3.8) is 0 Å². The monoisotopic (exact) mass is 323 g/mol. The standard InChI is InChI=1S/C21H41NO/c1-11-19(5,6)13-17(18(23)22-14-16(3)4)21(9,10)15-20(7,8)12-2/h11,16-17H,1,12-15H2,2-10H3,(H,22,23). The summed E-state index contributed by atoms with van der Waals surface area (Å²) in [4.78, 5) is 12.9. The number of rotatable bonds is 10. The van der Waals surface area contributed by atoms with Gasteiger partial charge in [-0.05, 0) is 35.0 Å². The highest BCUT2D eigenvalue weighted by molar-refractivity contribution is 5.79. The third-order valence-electron chi connectivity index (χ3n) is 5.12. The summed E-state index contributed by atoms with van der Waals surface area (Å²) in [5.41, 5.74) is 0.173. The van der Waals surface area contributed by atoms with E-state index in [1.54, 1.807) is 0 Å². The van der Waals surface area contributed by atoms with Crippen LogP contribution in [0.5, 0.6) is 0 Å². The fourth-order valence-electron chi connectivity index (χ4n) is 3.24. The summed E-state index contributed by atoms with van der Waals surface area (Å²) in [5.74, 6) is 0.674. The van der Waals surface area contributed by atoms with Gasteiger partial charge in [-0.3, -0.25) is 4.79 Å². The summed E-state index contributed by atoms with van der Waals surface area (Å²) in [5, 5.41) is 3.17. The van der Waals surface area contributed by atoms with E-state index >= 15 is 0 Å². The number of hydrogen-bond donors (Lipinski definition) is 1. The van der Waals surface area contributed by atoms with E-state index in [2.05, 4.69) is 74.2 Å². The highest BCUT2D eigenvalue weighted by atomic mass is 16.1. The molecule has 0 aromatic heterocycles. The SMILES string of the molecule is C=CC(C)(C)CC(C(=O)NCC(C)C)C(C)(C)CC(C)(C)CC. The smallest absolute Gasteiger partial charge is 0.223 e. The predicted molar refractivity (Wildman–Crippen MR) is 102 cm³/mol. The molecule has 1 N–H and O–H groups in total. The zero-order chi connectivity index (χ0) is 18.5. The third-order valence-corrected chi connectivity index (χ3v) is 5.12. The quantitative estimate of drug-likeness (QED) is 0.503. The lowest BCUT2D eigenvalue weighted by molar-refractivity contribution is -0.130. The van der Waals surface area contributed by atoms with Gasteiger partial charge in [-0.2, -0.15) is 0 Å². The highest BCUT2D eigenvalue weighted by Gasteiger charge is 2.40. The van der Waals surface area contributed by atoms with Gasteiger partial charge < -0.3 is 5.32 Å². The van der Waals surface area contributed by atoms with Gasteiger partial charge in [0, 0.05) is 12.5 Å². The largest absolute Gasteiger partial charge is 0.356 e. The van der Waals surface area contributed by atoms with Gasteiger partial charge in [0.2, 0.25) is 5.91 Å². The molecule has 0 bridgehead atoms. The summed E-state index contributed by atoms with van der Waals surface area (Å²) < 4.78 is 0. The van der Waals surface area contributed by atoms with Gasteiger partial charge in [0.1, 0.15) is 0 Å². The molecule has 2 heteroatoms. The van der Waals surface area contributed by atoms with Gasteiger partial charge >= 0.3 is 0 Å². The van der Waals surface area contributed by atoms with Crippen LogP contribution in [0.15, 0.2) is 12.7 Å². The Kier molecular flexibility index (Phi) is 8.06. The van der Waals surface area contributed by atoms with Gasteiger partial charge in [-0.25, -0.2) is 0 Å². The van der Waals surface area contributed by atoms with Crippen LogP contribution in [0.25, 0.3) is 0 Å². The molecule has 0 aliphatic heterocycles. The van der Waals surface area contributed by atoms with E-state index < -0.39 is 0 Å². The van der Waals surface area contributed by atoms with Crippen LogP contribution in [0.1, 0.15) is 81.6 Å².